The molecule has 0 aliphatic heterocycles. The molecule has 1 aromatic heterocycles. The summed E-state index contributed by atoms with van der Waals surface area (Å²) in [6, 6.07) is 0. The average Bonchev–Trinajstić information content (AvgIpc) is 2.61. The minimum Gasteiger partial charge on any atom is -0.424 e. The Morgan fingerprint density at radius 3 is 2.53 bits per heavy atom. The Labute approximate surface area is 91.5 Å². The largest absolute Gasteiger partial charge is 0.424 e. The molecule has 0 fully saturated rings. The molecule has 86 valence electrons. The van der Waals surface area contributed by atoms with Crippen molar-refractivity contribution >= 4 is 0 Å². The van der Waals surface area contributed by atoms with Gasteiger partial charge in [0, 0.05) is 11.5 Å². The van der Waals surface area contributed by atoms with Gasteiger partial charge in [0.05, 0.1) is 6.54 Å². The first-order valence-electron chi connectivity index (χ1n) is 5.49. The second kappa shape index (κ2) is 4.75. The van der Waals surface area contributed by atoms with Gasteiger partial charge in [-0.2, -0.15) is 0 Å². The Morgan fingerprint density at radius 2 is 2.00 bits per heavy atom. The van der Waals surface area contributed by atoms with E-state index in [1.165, 1.54) is 0 Å². The molecule has 1 N–H and O–H groups in total. The highest BCUT2D eigenvalue weighted by molar-refractivity contribution is 4.89. The third kappa shape index (κ3) is 4.00. The fourth-order valence-electron chi connectivity index (χ4n) is 1.05. The van der Waals surface area contributed by atoms with E-state index in [1.54, 1.807) is 0 Å². The van der Waals surface area contributed by atoms with Gasteiger partial charge in [-0.15, -0.1) is 10.2 Å². The minimum absolute atomic E-state index is 0.0744. The van der Waals surface area contributed by atoms with Crippen molar-refractivity contribution in [2.45, 2.75) is 59.0 Å². The van der Waals surface area contributed by atoms with E-state index in [0.717, 1.165) is 12.3 Å². The maximum absolute atomic E-state index is 5.55. The van der Waals surface area contributed by atoms with Crippen molar-refractivity contribution in [3.63, 3.8) is 0 Å². The molecule has 1 unspecified atom stereocenters. The normalized spacial score (nSPS) is 14.2. The number of hydrogen-bond donors (Lipinski definition) is 1. The maximum atomic E-state index is 5.55. The van der Waals surface area contributed by atoms with Crippen LogP contribution in [-0.4, -0.2) is 15.7 Å². The summed E-state index contributed by atoms with van der Waals surface area (Å²) in [6.07, 6.45) is 1.02. The number of rotatable bonds is 4. The van der Waals surface area contributed by atoms with Crippen LogP contribution in [0.5, 0.6) is 0 Å². The molecule has 0 aliphatic rings. The molecule has 4 heteroatoms. The standard InChI is InChI=1S/C11H21N3O/c1-6-8(2)10-14-13-9(15-10)7-12-11(3,4)5/h8,12H,6-7H2,1-5H3. The second-order valence-electron chi connectivity index (χ2n) is 4.95. The quantitative estimate of drug-likeness (QED) is 0.831. The Hall–Kier alpha value is -0.900. The van der Waals surface area contributed by atoms with Crippen LogP contribution in [0.1, 0.15) is 58.7 Å². The molecule has 4 nitrogen and oxygen atoms in total. The molecule has 0 aromatic carbocycles. The molecule has 0 spiro atoms. The summed E-state index contributed by atoms with van der Waals surface area (Å²) in [5, 5.41) is 11.4. The summed E-state index contributed by atoms with van der Waals surface area (Å²) in [5.74, 6) is 1.75. The smallest absolute Gasteiger partial charge is 0.230 e. The molecular formula is C11H21N3O. The highest BCUT2D eigenvalue weighted by Gasteiger charge is 2.14. The van der Waals surface area contributed by atoms with Crippen LogP contribution in [0.4, 0.5) is 0 Å². The zero-order valence-electron chi connectivity index (χ0n) is 10.3. The van der Waals surface area contributed by atoms with Gasteiger partial charge in [-0.25, -0.2) is 0 Å². The maximum Gasteiger partial charge on any atom is 0.230 e. The van der Waals surface area contributed by atoms with Crippen molar-refractivity contribution < 1.29 is 4.42 Å². The Kier molecular flexibility index (Phi) is 3.85. The number of nitrogens with zero attached hydrogens (tertiary/aromatic N) is 2. The van der Waals surface area contributed by atoms with Gasteiger partial charge in [0.2, 0.25) is 11.8 Å². The first-order chi connectivity index (χ1) is 6.92. The van der Waals surface area contributed by atoms with Crippen molar-refractivity contribution in [1.82, 2.24) is 15.5 Å². The van der Waals surface area contributed by atoms with Gasteiger partial charge in [0.1, 0.15) is 0 Å². The van der Waals surface area contributed by atoms with Crippen LogP contribution in [0.3, 0.4) is 0 Å². The lowest BCUT2D eigenvalue weighted by atomic mass is 10.1. The van der Waals surface area contributed by atoms with E-state index in [1.807, 2.05) is 0 Å². The van der Waals surface area contributed by atoms with Crippen LogP contribution < -0.4 is 5.32 Å². The Balaban J connectivity index is 2.53. The predicted molar refractivity (Wildman–Crippen MR) is 59.6 cm³/mol. The SMILES string of the molecule is CCC(C)c1nnc(CNC(C)(C)C)o1. The predicted octanol–water partition coefficient (Wildman–Crippen LogP) is 2.47. The summed E-state index contributed by atoms with van der Waals surface area (Å²) in [7, 11) is 0. The fraction of sp³-hybridized carbons (Fsp3) is 0.818. The third-order valence-corrected chi connectivity index (χ3v) is 2.29. The molecule has 0 radical (unpaired) electrons. The summed E-state index contributed by atoms with van der Waals surface area (Å²) in [6.45, 7) is 11.2. The summed E-state index contributed by atoms with van der Waals surface area (Å²) in [4.78, 5) is 0. The van der Waals surface area contributed by atoms with Crippen molar-refractivity contribution in [2.75, 3.05) is 0 Å². The van der Waals surface area contributed by atoms with Gasteiger partial charge < -0.3 is 9.73 Å². The average molecular weight is 211 g/mol. The minimum atomic E-state index is 0.0744. The molecule has 15 heavy (non-hydrogen) atoms. The van der Waals surface area contributed by atoms with Crippen molar-refractivity contribution in [2.24, 2.45) is 0 Å². The third-order valence-electron chi connectivity index (χ3n) is 2.29. The molecular weight excluding hydrogens is 190 g/mol. The lowest BCUT2D eigenvalue weighted by Gasteiger charge is -2.18. The zero-order chi connectivity index (χ0) is 11.5. The zero-order valence-corrected chi connectivity index (χ0v) is 10.3. The highest BCUT2D eigenvalue weighted by Crippen LogP contribution is 2.16. The molecule has 0 saturated carbocycles. The van der Waals surface area contributed by atoms with E-state index < -0.39 is 0 Å². The summed E-state index contributed by atoms with van der Waals surface area (Å²) < 4.78 is 5.55. The van der Waals surface area contributed by atoms with Gasteiger partial charge in [-0.05, 0) is 27.2 Å². The first kappa shape index (κ1) is 12.2. The molecule has 1 atom stereocenters. The molecule has 1 heterocycles. The fourth-order valence-corrected chi connectivity index (χ4v) is 1.05. The van der Waals surface area contributed by atoms with Crippen LogP contribution in [0.25, 0.3) is 0 Å². The second-order valence-corrected chi connectivity index (χ2v) is 4.95. The number of nitrogens with one attached hydrogen (secondary N) is 1. The van der Waals surface area contributed by atoms with E-state index in [9.17, 15) is 0 Å². The van der Waals surface area contributed by atoms with Gasteiger partial charge in [-0.3, -0.25) is 0 Å². The van der Waals surface area contributed by atoms with E-state index >= 15 is 0 Å². The number of aromatic nitrogens is 2. The topological polar surface area (TPSA) is 51.0 Å². The van der Waals surface area contributed by atoms with Crippen LogP contribution >= 0.6 is 0 Å². The van der Waals surface area contributed by atoms with E-state index in [0.29, 0.717) is 18.4 Å². The molecule has 0 bridgehead atoms. The lowest BCUT2D eigenvalue weighted by molar-refractivity contribution is 0.362. The van der Waals surface area contributed by atoms with E-state index in [2.05, 4.69) is 50.1 Å². The Bertz CT molecular complexity index is 301. The monoisotopic (exact) mass is 211 g/mol. The molecule has 0 aliphatic carbocycles. The summed E-state index contributed by atoms with van der Waals surface area (Å²) >= 11 is 0. The van der Waals surface area contributed by atoms with Crippen LogP contribution in [0.2, 0.25) is 0 Å². The van der Waals surface area contributed by atoms with Gasteiger partial charge in [0.15, 0.2) is 0 Å². The molecule has 0 saturated heterocycles. The van der Waals surface area contributed by atoms with Crippen LogP contribution in [-0.2, 0) is 6.54 Å². The lowest BCUT2D eigenvalue weighted by Crippen LogP contribution is -2.35. The van der Waals surface area contributed by atoms with Gasteiger partial charge in [-0.1, -0.05) is 13.8 Å². The first-order valence-corrected chi connectivity index (χ1v) is 5.49. The van der Waals surface area contributed by atoms with Gasteiger partial charge >= 0.3 is 0 Å². The highest BCUT2D eigenvalue weighted by atomic mass is 16.4. The van der Waals surface area contributed by atoms with Crippen molar-refractivity contribution in [1.29, 1.82) is 0 Å². The van der Waals surface area contributed by atoms with Crippen LogP contribution in [0, 0.1) is 0 Å². The molecule has 1 rings (SSSR count). The summed E-state index contributed by atoms with van der Waals surface area (Å²) in [5.41, 5.74) is 0.0744. The Morgan fingerprint density at radius 1 is 1.33 bits per heavy atom. The molecule has 0 amide bonds. The van der Waals surface area contributed by atoms with Crippen molar-refractivity contribution in [3.8, 4) is 0 Å². The molecule has 1 aromatic rings. The van der Waals surface area contributed by atoms with Gasteiger partial charge in [0.25, 0.3) is 0 Å². The van der Waals surface area contributed by atoms with Crippen molar-refractivity contribution in [3.05, 3.63) is 11.8 Å². The van der Waals surface area contributed by atoms with E-state index in [4.69, 9.17) is 4.42 Å². The van der Waals surface area contributed by atoms with Crippen LogP contribution in [0.15, 0.2) is 4.42 Å². The van der Waals surface area contributed by atoms with E-state index in [-0.39, 0.29) is 5.54 Å². The number of hydrogen-bond acceptors (Lipinski definition) is 4.